The van der Waals surface area contributed by atoms with Crippen LogP contribution in [0.3, 0.4) is 0 Å². The van der Waals surface area contributed by atoms with E-state index in [4.69, 9.17) is 0 Å². The third-order valence-electron chi connectivity index (χ3n) is 4.71. The molecule has 1 aromatic rings. The molecule has 1 aromatic heterocycles. The molecule has 6 nitrogen and oxygen atoms in total. The summed E-state index contributed by atoms with van der Waals surface area (Å²) < 4.78 is 2.04. The maximum Gasteiger partial charge on any atom is 0.318 e. The second kappa shape index (κ2) is 8.22. The number of rotatable bonds is 8. The van der Waals surface area contributed by atoms with Crippen molar-refractivity contribution in [3.05, 3.63) is 24.0 Å². The van der Waals surface area contributed by atoms with E-state index < -0.39 is 0 Å². The minimum atomic E-state index is -0.158. The Kier molecular flexibility index (Phi) is 6.29. The molecule has 1 fully saturated rings. The lowest BCUT2D eigenvalue weighted by molar-refractivity contribution is -0.133. The summed E-state index contributed by atoms with van der Waals surface area (Å²) >= 11 is 0. The van der Waals surface area contributed by atoms with Crippen molar-refractivity contribution >= 4 is 11.9 Å². The summed E-state index contributed by atoms with van der Waals surface area (Å²) in [5.41, 5.74) is 1.11. The van der Waals surface area contributed by atoms with Crippen LogP contribution in [0.2, 0.25) is 0 Å². The Labute approximate surface area is 144 Å². The Morgan fingerprint density at radius 1 is 1.38 bits per heavy atom. The Hall–Kier alpha value is -1.98. The highest BCUT2D eigenvalue weighted by Crippen LogP contribution is 2.28. The van der Waals surface area contributed by atoms with Gasteiger partial charge in [0.2, 0.25) is 5.91 Å². The fourth-order valence-electron chi connectivity index (χ4n) is 2.78. The number of aromatic nitrogens is 1. The highest BCUT2D eigenvalue weighted by molar-refractivity contribution is 5.84. The molecule has 0 bridgehead atoms. The van der Waals surface area contributed by atoms with Crippen LogP contribution in [0.5, 0.6) is 0 Å². The van der Waals surface area contributed by atoms with Crippen molar-refractivity contribution in [1.82, 2.24) is 19.7 Å². The van der Waals surface area contributed by atoms with Crippen molar-refractivity contribution in [2.24, 2.45) is 7.05 Å². The minimum Gasteiger partial charge on any atom is -0.353 e. The second-order valence-electron chi connectivity index (χ2n) is 6.58. The molecule has 0 aliphatic heterocycles. The van der Waals surface area contributed by atoms with Gasteiger partial charge in [-0.05, 0) is 45.2 Å². The Balaban J connectivity index is 2.07. The van der Waals surface area contributed by atoms with E-state index in [-0.39, 0.29) is 24.5 Å². The molecular formula is C18H30N4O2. The summed E-state index contributed by atoms with van der Waals surface area (Å²) in [7, 11) is 1.99. The van der Waals surface area contributed by atoms with E-state index in [0.29, 0.717) is 19.1 Å². The van der Waals surface area contributed by atoms with Crippen LogP contribution in [-0.2, 0) is 18.4 Å². The first-order valence-electron chi connectivity index (χ1n) is 8.92. The predicted octanol–water partition coefficient (Wildman–Crippen LogP) is 2.35. The molecule has 24 heavy (non-hydrogen) atoms. The first kappa shape index (κ1) is 18.4. The fourth-order valence-corrected chi connectivity index (χ4v) is 2.78. The van der Waals surface area contributed by atoms with Crippen molar-refractivity contribution < 1.29 is 9.59 Å². The van der Waals surface area contributed by atoms with Gasteiger partial charge in [0.1, 0.15) is 6.54 Å². The molecule has 134 valence electrons. The highest BCUT2D eigenvalue weighted by atomic mass is 16.2. The predicted molar refractivity (Wildman–Crippen MR) is 94.5 cm³/mol. The average Bonchev–Trinajstić information content (AvgIpc) is 3.32. The van der Waals surface area contributed by atoms with Gasteiger partial charge in [-0.1, -0.05) is 6.92 Å². The second-order valence-corrected chi connectivity index (χ2v) is 6.58. The smallest absolute Gasteiger partial charge is 0.318 e. The van der Waals surface area contributed by atoms with E-state index in [2.05, 4.69) is 5.32 Å². The van der Waals surface area contributed by atoms with Crippen LogP contribution in [0, 0.1) is 0 Å². The van der Waals surface area contributed by atoms with E-state index in [1.165, 1.54) is 0 Å². The minimum absolute atomic E-state index is 0.0326. The molecule has 0 saturated heterocycles. The number of nitrogens with one attached hydrogen (secondary N) is 1. The van der Waals surface area contributed by atoms with E-state index in [0.717, 1.165) is 25.0 Å². The van der Waals surface area contributed by atoms with Crippen molar-refractivity contribution in [2.75, 3.05) is 13.1 Å². The van der Waals surface area contributed by atoms with Crippen molar-refractivity contribution in [3.63, 3.8) is 0 Å². The number of carbonyl (C=O) groups is 2. The molecule has 2 rings (SSSR count). The average molecular weight is 334 g/mol. The number of hydrogen-bond acceptors (Lipinski definition) is 2. The van der Waals surface area contributed by atoms with Gasteiger partial charge in [-0.15, -0.1) is 0 Å². The first-order valence-corrected chi connectivity index (χ1v) is 8.92. The van der Waals surface area contributed by atoms with E-state index in [1.54, 1.807) is 4.90 Å². The molecule has 6 heteroatoms. The topological polar surface area (TPSA) is 57.6 Å². The van der Waals surface area contributed by atoms with Gasteiger partial charge >= 0.3 is 6.03 Å². The van der Waals surface area contributed by atoms with Gasteiger partial charge in [0.15, 0.2) is 0 Å². The van der Waals surface area contributed by atoms with Crippen LogP contribution in [0.15, 0.2) is 18.3 Å². The standard InChI is InChI=1S/C18H30N4O2/c1-5-14(3)21(18(24)19-6-2)13-17(23)22(15-9-10-15)12-16-8-7-11-20(16)4/h7-8,11,14-15H,5-6,9-10,12-13H2,1-4H3,(H,19,24). The molecule has 3 amide bonds. The van der Waals surface area contributed by atoms with Gasteiger partial charge in [0.05, 0.1) is 6.54 Å². The molecule has 1 unspecified atom stereocenters. The number of carbonyl (C=O) groups excluding carboxylic acids is 2. The Morgan fingerprint density at radius 2 is 2.08 bits per heavy atom. The molecule has 1 atom stereocenters. The summed E-state index contributed by atoms with van der Waals surface area (Å²) in [5, 5.41) is 2.82. The maximum atomic E-state index is 12.9. The normalized spacial score (nSPS) is 15.0. The van der Waals surface area contributed by atoms with E-state index in [1.807, 2.05) is 55.6 Å². The number of urea groups is 1. The van der Waals surface area contributed by atoms with E-state index >= 15 is 0 Å². The van der Waals surface area contributed by atoms with Gasteiger partial charge in [0.25, 0.3) is 0 Å². The lowest BCUT2D eigenvalue weighted by Crippen LogP contribution is -2.50. The van der Waals surface area contributed by atoms with Crippen LogP contribution in [0.1, 0.15) is 45.7 Å². The summed E-state index contributed by atoms with van der Waals surface area (Å²) in [4.78, 5) is 28.8. The van der Waals surface area contributed by atoms with Crippen LogP contribution < -0.4 is 5.32 Å². The molecule has 1 saturated carbocycles. The number of amides is 3. The molecule has 1 aliphatic rings. The summed E-state index contributed by atoms with van der Waals surface area (Å²) in [5.74, 6) is 0.0326. The molecule has 1 heterocycles. The molecular weight excluding hydrogens is 304 g/mol. The van der Waals surface area contributed by atoms with Gasteiger partial charge in [-0.2, -0.15) is 0 Å². The summed E-state index contributed by atoms with van der Waals surface area (Å²) in [6.07, 6.45) is 4.93. The third-order valence-corrected chi connectivity index (χ3v) is 4.71. The third kappa shape index (κ3) is 4.52. The van der Waals surface area contributed by atoms with Crippen LogP contribution in [-0.4, -0.2) is 51.5 Å². The lowest BCUT2D eigenvalue weighted by Gasteiger charge is -2.31. The van der Waals surface area contributed by atoms with Crippen LogP contribution >= 0.6 is 0 Å². The van der Waals surface area contributed by atoms with Gasteiger partial charge in [0, 0.05) is 37.6 Å². The van der Waals surface area contributed by atoms with Gasteiger partial charge < -0.3 is 19.7 Å². The first-order chi connectivity index (χ1) is 11.5. The zero-order valence-electron chi connectivity index (χ0n) is 15.3. The quantitative estimate of drug-likeness (QED) is 0.793. The number of aryl methyl sites for hydroxylation is 1. The van der Waals surface area contributed by atoms with Crippen molar-refractivity contribution in [2.45, 2.75) is 58.7 Å². The zero-order chi connectivity index (χ0) is 17.7. The fraction of sp³-hybridized carbons (Fsp3) is 0.667. The maximum absolute atomic E-state index is 12.9. The van der Waals surface area contributed by atoms with Gasteiger partial charge in [-0.25, -0.2) is 4.79 Å². The van der Waals surface area contributed by atoms with Gasteiger partial charge in [-0.3, -0.25) is 4.79 Å². The number of hydrogen-bond donors (Lipinski definition) is 1. The van der Waals surface area contributed by atoms with Crippen molar-refractivity contribution in [1.29, 1.82) is 0 Å². The largest absolute Gasteiger partial charge is 0.353 e. The van der Waals surface area contributed by atoms with Crippen LogP contribution in [0.25, 0.3) is 0 Å². The molecule has 0 aromatic carbocycles. The molecule has 1 N–H and O–H groups in total. The molecule has 1 aliphatic carbocycles. The van der Waals surface area contributed by atoms with Crippen LogP contribution in [0.4, 0.5) is 4.79 Å². The summed E-state index contributed by atoms with van der Waals surface area (Å²) in [6.45, 7) is 7.22. The lowest BCUT2D eigenvalue weighted by atomic mass is 10.2. The number of nitrogens with zero attached hydrogens (tertiary/aromatic N) is 3. The highest BCUT2D eigenvalue weighted by Gasteiger charge is 2.34. The molecule has 0 spiro atoms. The zero-order valence-corrected chi connectivity index (χ0v) is 15.3. The Morgan fingerprint density at radius 3 is 2.58 bits per heavy atom. The molecule has 0 radical (unpaired) electrons. The summed E-state index contributed by atoms with van der Waals surface area (Å²) in [6, 6.07) is 4.23. The van der Waals surface area contributed by atoms with Crippen molar-refractivity contribution in [3.8, 4) is 0 Å². The SMILES string of the molecule is CCNC(=O)N(CC(=O)N(Cc1cccn1C)C1CC1)C(C)CC. The van der Waals surface area contributed by atoms with E-state index in [9.17, 15) is 9.59 Å². The Bertz CT molecular complexity index is 565. The monoisotopic (exact) mass is 334 g/mol.